The van der Waals surface area contributed by atoms with E-state index in [1.165, 1.54) is 59.6 Å². The highest BCUT2D eigenvalue weighted by Gasteiger charge is 2.02. The smallest absolute Gasteiger partial charge is 0.00344 e. The third-order valence-electron chi connectivity index (χ3n) is 2.91. The van der Waals surface area contributed by atoms with Gasteiger partial charge < -0.3 is 0 Å². The molecule has 0 aliphatic rings. The van der Waals surface area contributed by atoms with Gasteiger partial charge in [0, 0.05) is 10.7 Å². The van der Waals surface area contributed by atoms with Crippen molar-refractivity contribution in [1.82, 2.24) is 0 Å². The molecule has 1 aromatic carbocycles. The topological polar surface area (TPSA) is 0 Å². The summed E-state index contributed by atoms with van der Waals surface area (Å²) in [5.41, 5.74) is 4.57. The Morgan fingerprint density at radius 3 is 1.44 bits per heavy atom. The highest BCUT2D eigenvalue weighted by atomic mass is 127. The molecule has 0 spiro atoms. The molecule has 0 atom stereocenters. The van der Waals surface area contributed by atoms with E-state index in [2.05, 4.69) is 72.6 Å². The van der Waals surface area contributed by atoms with Crippen molar-refractivity contribution in [2.24, 2.45) is 0 Å². The van der Waals surface area contributed by atoms with E-state index < -0.39 is 0 Å². The molecule has 18 heavy (non-hydrogen) atoms. The number of alkyl halides is 3. The average Bonchev–Trinajstić information content (AvgIpc) is 2.40. The van der Waals surface area contributed by atoms with Crippen LogP contribution in [0.15, 0.2) is 18.2 Å². The monoisotopic (exact) mass is 486 g/mol. The molecular weight excluding hydrogens is 467 g/mol. The van der Waals surface area contributed by atoms with Gasteiger partial charge in [0.25, 0.3) is 0 Å². The summed E-state index contributed by atoms with van der Waals surface area (Å²) < 4.78 is 1.25. The first-order valence-electron chi connectivity index (χ1n) is 6.59. The first-order chi connectivity index (χ1) is 8.80. The van der Waals surface area contributed by atoms with Gasteiger partial charge in [-0.15, -0.1) is 0 Å². The molecule has 1 rings (SSSR count). The number of aryl methyl sites for hydroxylation is 3. The molecule has 3 heteroatoms. The van der Waals surface area contributed by atoms with Gasteiger partial charge in [0.15, 0.2) is 0 Å². The summed E-state index contributed by atoms with van der Waals surface area (Å²) in [5, 5.41) is 2.20. The lowest BCUT2D eigenvalue weighted by molar-refractivity contribution is 0.887. The zero-order valence-electron chi connectivity index (χ0n) is 10.7. The predicted octanol–water partition coefficient (Wildman–Crippen LogP) is 5.71. The minimum Gasteiger partial charge on any atom is -0.0928 e. The van der Waals surface area contributed by atoms with Crippen LogP contribution in [0.2, 0.25) is 0 Å². The Morgan fingerprint density at radius 1 is 0.722 bits per heavy atom. The van der Waals surface area contributed by atoms with E-state index in [4.69, 9.17) is 0 Å². The molecule has 0 unspecified atom stereocenters. The van der Waals surface area contributed by atoms with Crippen LogP contribution in [-0.2, 0) is 19.3 Å². The second-order valence-electron chi connectivity index (χ2n) is 4.54. The van der Waals surface area contributed by atoms with Crippen LogP contribution in [-0.4, -0.2) is 15.1 Å². The second kappa shape index (κ2) is 10.7. The molecule has 0 radical (unpaired) electrons. The molecule has 0 saturated carbocycles. The lowest BCUT2D eigenvalue weighted by Crippen LogP contribution is -1.96. The molecule has 1 aromatic rings. The summed E-state index contributed by atoms with van der Waals surface area (Å²) in [4.78, 5) is 0. The van der Waals surface area contributed by atoms with Crippen LogP contribution >= 0.6 is 54.5 Å². The van der Waals surface area contributed by atoms with Gasteiger partial charge in [0.1, 0.15) is 0 Å². The molecule has 0 aliphatic carbocycles. The minimum atomic E-state index is 1.10. The van der Waals surface area contributed by atoms with Crippen molar-refractivity contribution in [1.29, 1.82) is 0 Å². The quantitative estimate of drug-likeness (QED) is 0.309. The third-order valence-corrected chi connectivity index (χ3v) is 4.79. The number of rotatable bonds is 9. The summed E-state index contributed by atoms with van der Waals surface area (Å²) in [7, 11) is 0. The van der Waals surface area contributed by atoms with E-state index in [0.29, 0.717) is 0 Å². The van der Waals surface area contributed by atoms with Gasteiger partial charge in [-0.25, -0.2) is 0 Å². The Hall–Kier alpha value is 0.910. The second-order valence-corrected chi connectivity index (χ2v) is 7.20. The number of hydrogen-bond donors (Lipinski definition) is 0. The molecule has 0 amide bonds. The van der Waals surface area contributed by atoms with Crippen LogP contribution in [0.3, 0.4) is 0 Å². The minimum absolute atomic E-state index is 1.10. The van der Waals surface area contributed by atoms with Crippen LogP contribution in [0.1, 0.15) is 36.0 Å². The summed E-state index contributed by atoms with van der Waals surface area (Å²) in [5.74, 6) is 0. The molecular formula is C15H21Br2I. The zero-order valence-corrected chi connectivity index (χ0v) is 16.1. The maximum atomic E-state index is 3.52. The molecule has 0 nitrogen and oxygen atoms in total. The van der Waals surface area contributed by atoms with Crippen LogP contribution in [0.4, 0.5) is 0 Å². The van der Waals surface area contributed by atoms with Crippen molar-refractivity contribution in [3.05, 3.63) is 34.9 Å². The van der Waals surface area contributed by atoms with Crippen molar-refractivity contribution < 1.29 is 0 Å². The van der Waals surface area contributed by atoms with Gasteiger partial charge in [-0.1, -0.05) is 72.6 Å². The van der Waals surface area contributed by atoms with Crippen molar-refractivity contribution in [2.45, 2.75) is 38.5 Å². The van der Waals surface area contributed by atoms with E-state index in [-0.39, 0.29) is 0 Å². The van der Waals surface area contributed by atoms with Gasteiger partial charge >= 0.3 is 0 Å². The van der Waals surface area contributed by atoms with E-state index in [1.54, 1.807) is 0 Å². The van der Waals surface area contributed by atoms with Crippen LogP contribution in [0.5, 0.6) is 0 Å². The third kappa shape index (κ3) is 6.90. The Bertz CT molecular complexity index is 275. The maximum absolute atomic E-state index is 3.52. The fraction of sp³-hybridized carbons (Fsp3) is 0.600. The molecule has 0 aliphatic heterocycles. The highest BCUT2D eigenvalue weighted by Crippen LogP contribution is 2.16. The standard InChI is InChI=1S/C15H21Br2I/c16-7-1-4-13-10-14(5-2-8-17)12-15(11-13)6-3-9-18/h10-12H,1-9H2. The van der Waals surface area contributed by atoms with Gasteiger partial charge in [-0.3, -0.25) is 0 Å². The van der Waals surface area contributed by atoms with E-state index in [0.717, 1.165) is 10.7 Å². The van der Waals surface area contributed by atoms with Gasteiger partial charge in [-0.2, -0.15) is 0 Å². The van der Waals surface area contributed by atoms with Crippen molar-refractivity contribution >= 4 is 54.5 Å². The van der Waals surface area contributed by atoms with E-state index in [1.807, 2.05) is 0 Å². The fourth-order valence-electron chi connectivity index (χ4n) is 2.09. The van der Waals surface area contributed by atoms with Gasteiger partial charge in [-0.05, 0) is 59.6 Å². The molecule has 0 saturated heterocycles. The average molecular weight is 488 g/mol. The van der Waals surface area contributed by atoms with E-state index >= 15 is 0 Å². The van der Waals surface area contributed by atoms with E-state index in [9.17, 15) is 0 Å². The Kier molecular flexibility index (Phi) is 10.1. The van der Waals surface area contributed by atoms with Gasteiger partial charge in [0.05, 0.1) is 0 Å². The number of halogens is 3. The van der Waals surface area contributed by atoms with Crippen LogP contribution in [0, 0.1) is 0 Å². The summed E-state index contributed by atoms with van der Waals surface area (Å²) >= 11 is 9.51. The normalized spacial score (nSPS) is 10.8. The molecule has 0 heterocycles. The maximum Gasteiger partial charge on any atom is 0.00344 e. The van der Waals surface area contributed by atoms with Crippen molar-refractivity contribution in [3.8, 4) is 0 Å². The first-order valence-corrected chi connectivity index (χ1v) is 10.4. The van der Waals surface area contributed by atoms with Crippen molar-refractivity contribution in [2.75, 3.05) is 15.1 Å². The summed E-state index contributed by atoms with van der Waals surface area (Å²) in [6.45, 7) is 0. The number of benzene rings is 1. The predicted molar refractivity (Wildman–Crippen MR) is 97.9 cm³/mol. The van der Waals surface area contributed by atoms with Gasteiger partial charge in [0.2, 0.25) is 0 Å². The van der Waals surface area contributed by atoms with Crippen LogP contribution < -0.4 is 0 Å². The molecule has 0 aromatic heterocycles. The summed E-state index contributed by atoms with van der Waals surface area (Å²) in [6, 6.07) is 7.22. The highest BCUT2D eigenvalue weighted by molar-refractivity contribution is 14.1. The molecule has 0 fully saturated rings. The molecule has 0 N–H and O–H groups in total. The summed E-state index contributed by atoms with van der Waals surface area (Å²) in [6.07, 6.45) is 7.38. The number of hydrogen-bond acceptors (Lipinski definition) is 0. The fourth-order valence-corrected chi connectivity index (χ4v) is 3.03. The SMILES string of the molecule is BrCCCc1cc(CCCBr)cc(CCCI)c1. The first kappa shape index (κ1) is 17.0. The molecule has 0 bridgehead atoms. The lowest BCUT2D eigenvalue weighted by Gasteiger charge is -2.09. The lowest BCUT2D eigenvalue weighted by atomic mass is 9.98. The van der Waals surface area contributed by atoms with Crippen LogP contribution in [0.25, 0.3) is 0 Å². The Labute approximate surface area is 142 Å². The largest absolute Gasteiger partial charge is 0.0928 e. The molecule has 102 valence electrons. The Morgan fingerprint density at radius 2 is 1.11 bits per heavy atom. The van der Waals surface area contributed by atoms with Crippen molar-refractivity contribution in [3.63, 3.8) is 0 Å². The zero-order chi connectivity index (χ0) is 13.2. The Balaban J connectivity index is 2.74.